The van der Waals surface area contributed by atoms with E-state index >= 15 is 0 Å². The van der Waals surface area contributed by atoms with Gasteiger partial charge in [0.1, 0.15) is 11.5 Å². The van der Waals surface area contributed by atoms with Gasteiger partial charge in [-0.25, -0.2) is 0 Å². The van der Waals surface area contributed by atoms with Crippen molar-refractivity contribution in [3.8, 4) is 11.5 Å². The third-order valence-corrected chi connectivity index (χ3v) is 3.01. The van der Waals surface area contributed by atoms with Gasteiger partial charge in [0.25, 0.3) is 0 Å². The lowest BCUT2D eigenvalue weighted by molar-refractivity contribution is 0.475. The fourth-order valence-electron chi connectivity index (χ4n) is 1.92. The molecule has 0 radical (unpaired) electrons. The number of phenolic OH excluding ortho intramolecular Hbond substituents is 2. The van der Waals surface area contributed by atoms with Crippen LogP contribution in [0.4, 0.5) is 0 Å². The molecule has 0 spiro atoms. The van der Waals surface area contributed by atoms with E-state index in [1.54, 1.807) is 48.5 Å². The zero-order valence-corrected chi connectivity index (χ0v) is 11.9. The van der Waals surface area contributed by atoms with Crippen LogP contribution in [0.15, 0.2) is 60.7 Å². The molecule has 2 aromatic carbocycles. The molecule has 0 amide bonds. The van der Waals surface area contributed by atoms with Gasteiger partial charge < -0.3 is 10.2 Å². The molecule has 0 atom stereocenters. The van der Waals surface area contributed by atoms with Crippen molar-refractivity contribution < 1.29 is 10.2 Å². The summed E-state index contributed by atoms with van der Waals surface area (Å²) in [5.74, 6) is 0.644. The van der Waals surface area contributed by atoms with E-state index in [-0.39, 0.29) is 0 Å². The van der Waals surface area contributed by atoms with Gasteiger partial charge in [0.05, 0.1) is 0 Å². The van der Waals surface area contributed by atoms with Gasteiger partial charge in [0.2, 0.25) is 0 Å². The summed E-state index contributed by atoms with van der Waals surface area (Å²) in [5, 5.41) is 17.3. The van der Waals surface area contributed by atoms with Crippen LogP contribution in [0.1, 0.15) is 38.5 Å². The van der Waals surface area contributed by atoms with Crippen LogP contribution in [0, 0.1) is 0 Å². The standard InChI is InChI=1S/2C6H6O.C6H12/c2*7-6-4-2-1-3-5-6;1-2-4-6-5-3-1/h2*1-5,7H;1-6H2. The van der Waals surface area contributed by atoms with Crippen LogP contribution >= 0.6 is 0 Å². The zero-order valence-electron chi connectivity index (χ0n) is 11.9. The van der Waals surface area contributed by atoms with Crippen molar-refractivity contribution in [3.05, 3.63) is 60.7 Å². The second-order valence-corrected chi connectivity index (χ2v) is 4.79. The molecule has 3 rings (SSSR count). The molecule has 2 aromatic rings. The van der Waals surface area contributed by atoms with Crippen LogP contribution in [0.25, 0.3) is 0 Å². The summed E-state index contributed by atoms with van der Waals surface area (Å²) in [6.07, 6.45) is 9.00. The maximum Gasteiger partial charge on any atom is 0.115 e. The fourth-order valence-corrected chi connectivity index (χ4v) is 1.92. The normalized spacial score (nSPS) is 13.2. The SMILES string of the molecule is C1CCCCC1.Oc1ccccc1.Oc1ccccc1. The summed E-state index contributed by atoms with van der Waals surface area (Å²) in [7, 11) is 0. The van der Waals surface area contributed by atoms with Crippen LogP contribution in [-0.2, 0) is 0 Å². The molecule has 1 saturated carbocycles. The average molecular weight is 272 g/mol. The Morgan fingerprint density at radius 3 is 0.850 bits per heavy atom. The Morgan fingerprint density at radius 2 is 0.700 bits per heavy atom. The molecule has 0 heterocycles. The van der Waals surface area contributed by atoms with E-state index in [1.807, 2.05) is 12.1 Å². The topological polar surface area (TPSA) is 40.5 Å². The highest BCUT2D eigenvalue weighted by atomic mass is 16.3. The molecule has 1 aliphatic rings. The maximum absolute atomic E-state index is 8.63. The van der Waals surface area contributed by atoms with E-state index in [9.17, 15) is 0 Å². The minimum atomic E-state index is 0.322. The molecule has 2 nitrogen and oxygen atoms in total. The average Bonchev–Trinajstić information content (AvgIpc) is 2.52. The molecule has 2 N–H and O–H groups in total. The van der Waals surface area contributed by atoms with Crippen LogP contribution in [0.5, 0.6) is 11.5 Å². The Labute approximate surface area is 121 Å². The lowest BCUT2D eigenvalue weighted by atomic mass is 10.0. The first-order chi connectivity index (χ1) is 9.79. The van der Waals surface area contributed by atoms with Crippen molar-refractivity contribution in [2.75, 3.05) is 0 Å². The Kier molecular flexibility index (Phi) is 8.79. The lowest BCUT2D eigenvalue weighted by Crippen LogP contribution is -1.85. The third kappa shape index (κ3) is 9.03. The number of phenols is 2. The first kappa shape index (κ1) is 16.1. The summed E-state index contributed by atoms with van der Waals surface area (Å²) in [6, 6.07) is 17.4. The van der Waals surface area contributed by atoms with Crippen LogP contribution in [0.2, 0.25) is 0 Å². The van der Waals surface area contributed by atoms with E-state index < -0.39 is 0 Å². The third-order valence-electron chi connectivity index (χ3n) is 3.01. The molecule has 2 heteroatoms. The van der Waals surface area contributed by atoms with Crippen molar-refractivity contribution in [1.29, 1.82) is 0 Å². The molecule has 0 aliphatic heterocycles. The van der Waals surface area contributed by atoms with Gasteiger partial charge in [0, 0.05) is 0 Å². The highest BCUT2D eigenvalue weighted by Crippen LogP contribution is 2.15. The summed E-state index contributed by atoms with van der Waals surface area (Å²) in [4.78, 5) is 0. The second-order valence-electron chi connectivity index (χ2n) is 4.79. The monoisotopic (exact) mass is 272 g/mol. The van der Waals surface area contributed by atoms with Crippen molar-refractivity contribution in [1.82, 2.24) is 0 Å². The lowest BCUT2D eigenvalue weighted by Gasteiger charge is -2.05. The summed E-state index contributed by atoms with van der Waals surface area (Å²) in [6.45, 7) is 0. The van der Waals surface area contributed by atoms with Crippen molar-refractivity contribution in [3.63, 3.8) is 0 Å². The van der Waals surface area contributed by atoms with E-state index in [2.05, 4.69) is 0 Å². The Balaban J connectivity index is 0.000000151. The number of aromatic hydroxyl groups is 2. The number of para-hydroxylation sites is 2. The Hall–Kier alpha value is -1.96. The summed E-state index contributed by atoms with van der Waals surface area (Å²) in [5.41, 5.74) is 0. The Bertz CT molecular complexity index is 373. The maximum atomic E-state index is 8.63. The second kappa shape index (κ2) is 10.9. The van der Waals surface area contributed by atoms with Gasteiger partial charge in [-0.05, 0) is 24.3 Å². The molecule has 0 saturated heterocycles. The molecule has 0 bridgehead atoms. The summed E-state index contributed by atoms with van der Waals surface area (Å²) >= 11 is 0. The predicted octanol–water partition coefficient (Wildman–Crippen LogP) is 5.13. The minimum absolute atomic E-state index is 0.322. The van der Waals surface area contributed by atoms with Crippen molar-refractivity contribution in [2.45, 2.75) is 38.5 Å². The molecule has 0 aromatic heterocycles. The molecule has 1 aliphatic carbocycles. The van der Waals surface area contributed by atoms with Gasteiger partial charge in [-0.2, -0.15) is 0 Å². The van der Waals surface area contributed by atoms with Gasteiger partial charge in [0.15, 0.2) is 0 Å². The van der Waals surface area contributed by atoms with E-state index in [0.717, 1.165) is 0 Å². The number of hydrogen-bond acceptors (Lipinski definition) is 2. The first-order valence-electron chi connectivity index (χ1n) is 7.27. The zero-order chi connectivity index (χ0) is 14.5. The Morgan fingerprint density at radius 1 is 0.450 bits per heavy atom. The highest BCUT2D eigenvalue weighted by molar-refractivity contribution is 5.19. The van der Waals surface area contributed by atoms with Gasteiger partial charge >= 0.3 is 0 Å². The molecule has 20 heavy (non-hydrogen) atoms. The predicted molar refractivity (Wildman–Crippen MR) is 83.9 cm³/mol. The molecule has 108 valence electrons. The van der Waals surface area contributed by atoms with Crippen LogP contribution in [-0.4, -0.2) is 10.2 Å². The largest absolute Gasteiger partial charge is 0.508 e. The fraction of sp³-hybridized carbons (Fsp3) is 0.333. The van der Waals surface area contributed by atoms with Crippen LogP contribution in [0.3, 0.4) is 0 Å². The van der Waals surface area contributed by atoms with Gasteiger partial charge in [-0.15, -0.1) is 0 Å². The molecular weight excluding hydrogens is 248 g/mol. The number of rotatable bonds is 0. The molecule has 0 unspecified atom stereocenters. The smallest absolute Gasteiger partial charge is 0.115 e. The summed E-state index contributed by atoms with van der Waals surface area (Å²) < 4.78 is 0. The quantitative estimate of drug-likeness (QED) is 0.698. The minimum Gasteiger partial charge on any atom is -0.508 e. The van der Waals surface area contributed by atoms with Crippen molar-refractivity contribution in [2.24, 2.45) is 0 Å². The highest BCUT2D eigenvalue weighted by Gasteiger charge is 1.95. The van der Waals surface area contributed by atoms with E-state index in [1.165, 1.54) is 38.5 Å². The molecular formula is C18H24O2. The van der Waals surface area contributed by atoms with Gasteiger partial charge in [-0.1, -0.05) is 74.9 Å². The van der Waals surface area contributed by atoms with Gasteiger partial charge in [-0.3, -0.25) is 0 Å². The van der Waals surface area contributed by atoms with Crippen LogP contribution < -0.4 is 0 Å². The molecule has 1 fully saturated rings. The first-order valence-corrected chi connectivity index (χ1v) is 7.27. The number of benzene rings is 2. The van der Waals surface area contributed by atoms with E-state index in [4.69, 9.17) is 10.2 Å². The number of hydrogen-bond donors (Lipinski definition) is 2. The van der Waals surface area contributed by atoms with E-state index in [0.29, 0.717) is 11.5 Å². The van der Waals surface area contributed by atoms with Crippen molar-refractivity contribution >= 4 is 0 Å².